The molecule has 1 N–H and O–H groups in total. The number of aliphatic hydroxyl groups is 1. The molecule has 6 nitrogen and oxygen atoms in total. The van der Waals surface area contributed by atoms with Crippen molar-refractivity contribution in [2.24, 2.45) is 0 Å². The first kappa shape index (κ1) is 13.6. The monoisotopic (exact) mass is 259 g/mol. The maximum Gasteiger partial charge on any atom is 0.269 e. The lowest BCUT2D eigenvalue weighted by Gasteiger charge is -2.03. The number of non-ortho nitro benzene ring substituents is 1. The normalized spacial score (nSPS) is 11.4. The molecule has 0 heterocycles. The van der Waals surface area contributed by atoms with Crippen LogP contribution in [0.15, 0.2) is 24.3 Å². The van der Waals surface area contributed by atoms with Crippen LogP contribution in [-0.4, -0.2) is 30.8 Å². The smallest absolute Gasteiger partial charge is 0.269 e. The Kier molecular flexibility index (Phi) is 4.59. The number of rotatable bonds is 6. The molecule has 0 saturated carbocycles. The second-order valence-corrected chi connectivity index (χ2v) is 5.78. The second-order valence-electron chi connectivity index (χ2n) is 3.59. The van der Waals surface area contributed by atoms with E-state index in [2.05, 4.69) is 0 Å². The van der Waals surface area contributed by atoms with Gasteiger partial charge in [-0.1, -0.05) is 12.1 Å². The molecule has 0 aliphatic rings. The van der Waals surface area contributed by atoms with Crippen LogP contribution in [-0.2, 0) is 15.6 Å². The summed E-state index contributed by atoms with van der Waals surface area (Å²) in [7, 11) is -3.26. The Hall–Kier alpha value is -1.47. The summed E-state index contributed by atoms with van der Waals surface area (Å²) >= 11 is 0. The molecule has 94 valence electrons. The molecule has 0 spiro atoms. The van der Waals surface area contributed by atoms with Crippen molar-refractivity contribution in [2.75, 3.05) is 12.4 Å². The lowest BCUT2D eigenvalue weighted by atomic mass is 10.2. The van der Waals surface area contributed by atoms with E-state index in [4.69, 9.17) is 5.11 Å². The molecule has 0 bridgehead atoms. The fourth-order valence-electron chi connectivity index (χ4n) is 1.32. The summed E-state index contributed by atoms with van der Waals surface area (Å²) in [6.07, 6.45) is 0.204. The minimum absolute atomic E-state index is 0.0680. The zero-order valence-electron chi connectivity index (χ0n) is 9.07. The van der Waals surface area contributed by atoms with Gasteiger partial charge in [-0.15, -0.1) is 0 Å². The molecule has 0 amide bonds. The van der Waals surface area contributed by atoms with Crippen molar-refractivity contribution in [2.45, 2.75) is 12.2 Å². The Morgan fingerprint density at radius 2 is 1.82 bits per heavy atom. The fraction of sp³-hybridized carbons (Fsp3) is 0.400. The van der Waals surface area contributed by atoms with Crippen molar-refractivity contribution in [3.8, 4) is 0 Å². The Bertz CT molecular complexity index is 480. The molecular formula is C10H13NO5S. The predicted molar refractivity (Wildman–Crippen MR) is 62.3 cm³/mol. The van der Waals surface area contributed by atoms with E-state index in [1.807, 2.05) is 0 Å². The minimum atomic E-state index is -3.26. The van der Waals surface area contributed by atoms with Gasteiger partial charge in [0.2, 0.25) is 0 Å². The van der Waals surface area contributed by atoms with Crippen LogP contribution in [0.1, 0.15) is 12.0 Å². The van der Waals surface area contributed by atoms with E-state index >= 15 is 0 Å². The maximum atomic E-state index is 11.5. The molecule has 0 aliphatic carbocycles. The van der Waals surface area contributed by atoms with Crippen LogP contribution >= 0.6 is 0 Å². The number of nitrogens with zero attached hydrogens (tertiary/aromatic N) is 1. The van der Waals surface area contributed by atoms with E-state index < -0.39 is 14.8 Å². The fourth-order valence-corrected chi connectivity index (χ4v) is 2.74. The van der Waals surface area contributed by atoms with Crippen molar-refractivity contribution < 1.29 is 18.4 Å². The van der Waals surface area contributed by atoms with Crippen molar-refractivity contribution >= 4 is 15.5 Å². The molecule has 0 saturated heterocycles. The number of hydrogen-bond acceptors (Lipinski definition) is 5. The highest BCUT2D eigenvalue weighted by Gasteiger charge is 2.12. The van der Waals surface area contributed by atoms with Crippen molar-refractivity contribution in [1.82, 2.24) is 0 Å². The number of nitro benzene ring substituents is 1. The average Bonchev–Trinajstić information content (AvgIpc) is 2.26. The average molecular weight is 259 g/mol. The SMILES string of the molecule is O=[N+]([O-])c1ccc(CS(=O)(=O)CCCO)cc1. The summed E-state index contributed by atoms with van der Waals surface area (Å²) < 4.78 is 23.1. The molecular weight excluding hydrogens is 246 g/mol. The number of nitro groups is 1. The van der Waals surface area contributed by atoms with Crippen LogP contribution in [0.25, 0.3) is 0 Å². The van der Waals surface area contributed by atoms with Crippen molar-refractivity contribution in [3.63, 3.8) is 0 Å². The standard InChI is InChI=1S/C10H13NO5S/c12-6-1-7-17(15,16)8-9-2-4-10(5-3-9)11(13)14/h2-5,12H,1,6-8H2. The molecule has 0 atom stereocenters. The summed E-state index contributed by atoms with van der Waals surface area (Å²) in [6.45, 7) is -0.167. The van der Waals surface area contributed by atoms with Gasteiger partial charge >= 0.3 is 0 Å². The summed E-state index contributed by atoms with van der Waals surface area (Å²) in [5, 5.41) is 19.0. The molecule has 0 aliphatic heterocycles. The molecule has 0 fully saturated rings. The van der Waals surface area contributed by atoms with E-state index in [1.165, 1.54) is 24.3 Å². The number of hydrogen-bond donors (Lipinski definition) is 1. The van der Waals surface area contributed by atoms with Crippen molar-refractivity contribution in [3.05, 3.63) is 39.9 Å². The quantitative estimate of drug-likeness (QED) is 0.604. The summed E-state index contributed by atoms with van der Waals surface area (Å²) in [5.74, 6) is -0.245. The van der Waals surface area contributed by atoms with Crippen LogP contribution in [0.4, 0.5) is 5.69 Å². The molecule has 1 aromatic rings. The van der Waals surface area contributed by atoms with Gasteiger partial charge < -0.3 is 5.11 Å². The van der Waals surface area contributed by atoms with Gasteiger partial charge in [-0.2, -0.15) is 0 Å². The lowest BCUT2D eigenvalue weighted by molar-refractivity contribution is -0.384. The van der Waals surface area contributed by atoms with Gasteiger partial charge in [0, 0.05) is 18.7 Å². The third-order valence-corrected chi connectivity index (χ3v) is 3.83. The van der Waals surface area contributed by atoms with Crippen LogP contribution in [0.3, 0.4) is 0 Å². The topological polar surface area (TPSA) is 97.5 Å². The van der Waals surface area contributed by atoms with Gasteiger partial charge in [0.15, 0.2) is 9.84 Å². The molecule has 7 heteroatoms. The predicted octanol–water partition coefficient (Wildman–Crippen LogP) is 0.892. The Morgan fingerprint density at radius 1 is 1.24 bits per heavy atom. The molecule has 17 heavy (non-hydrogen) atoms. The highest BCUT2D eigenvalue weighted by molar-refractivity contribution is 7.90. The van der Waals surface area contributed by atoms with Gasteiger partial charge in [0.05, 0.1) is 16.4 Å². The number of benzene rings is 1. The van der Waals surface area contributed by atoms with E-state index in [9.17, 15) is 18.5 Å². The van der Waals surface area contributed by atoms with E-state index in [0.717, 1.165) is 0 Å². The Morgan fingerprint density at radius 3 is 2.29 bits per heavy atom. The number of sulfone groups is 1. The minimum Gasteiger partial charge on any atom is -0.396 e. The molecule has 1 rings (SSSR count). The Labute approximate surface area is 99.0 Å². The first-order valence-corrected chi connectivity index (χ1v) is 6.81. The third-order valence-electron chi connectivity index (χ3n) is 2.15. The zero-order chi connectivity index (χ0) is 12.9. The largest absolute Gasteiger partial charge is 0.396 e. The van der Waals surface area contributed by atoms with Gasteiger partial charge in [-0.05, 0) is 12.0 Å². The summed E-state index contributed by atoms with van der Waals surface area (Å²) in [5.41, 5.74) is 0.440. The zero-order valence-corrected chi connectivity index (χ0v) is 9.89. The van der Waals surface area contributed by atoms with Crippen LogP contribution in [0, 0.1) is 10.1 Å². The first-order valence-electron chi connectivity index (χ1n) is 4.99. The lowest BCUT2D eigenvalue weighted by Crippen LogP contribution is -2.10. The third kappa shape index (κ3) is 4.49. The van der Waals surface area contributed by atoms with Gasteiger partial charge in [0.1, 0.15) is 0 Å². The van der Waals surface area contributed by atoms with Gasteiger partial charge in [0.25, 0.3) is 5.69 Å². The van der Waals surface area contributed by atoms with Crippen LogP contribution in [0.5, 0.6) is 0 Å². The van der Waals surface area contributed by atoms with E-state index in [-0.39, 0.29) is 30.2 Å². The van der Waals surface area contributed by atoms with Crippen molar-refractivity contribution in [1.29, 1.82) is 0 Å². The molecule has 0 aromatic heterocycles. The van der Waals surface area contributed by atoms with Crippen LogP contribution < -0.4 is 0 Å². The molecule has 0 unspecified atom stereocenters. The van der Waals surface area contributed by atoms with Gasteiger partial charge in [-0.3, -0.25) is 10.1 Å². The highest BCUT2D eigenvalue weighted by atomic mass is 32.2. The summed E-state index contributed by atoms with van der Waals surface area (Å²) in [4.78, 5) is 9.86. The first-order chi connectivity index (χ1) is 7.94. The second kappa shape index (κ2) is 5.74. The van der Waals surface area contributed by atoms with E-state index in [0.29, 0.717) is 5.56 Å². The summed E-state index contributed by atoms with van der Waals surface area (Å²) in [6, 6.07) is 5.40. The van der Waals surface area contributed by atoms with E-state index in [1.54, 1.807) is 0 Å². The van der Waals surface area contributed by atoms with Crippen LogP contribution in [0.2, 0.25) is 0 Å². The number of aliphatic hydroxyl groups excluding tert-OH is 1. The highest BCUT2D eigenvalue weighted by Crippen LogP contribution is 2.14. The maximum absolute atomic E-state index is 11.5. The molecule has 0 radical (unpaired) electrons. The Balaban J connectivity index is 2.72. The van der Waals surface area contributed by atoms with Gasteiger partial charge in [-0.25, -0.2) is 8.42 Å². The molecule has 1 aromatic carbocycles.